The van der Waals surface area contributed by atoms with E-state index in [1.165, 1.54) is 5.56 Å². The number of fused-ring (bicyclic) bond motifs is 5. The van der Waals surface area contributed by atoms with Crippen molar-refractivity contribution in [1.82, 2.24) is 9.62 Å². The fourth-order valence-electron chi connectivity index (χ4n) is 5.17. The molecule has 4 aliphatic rings. The van der Waals surface area contributed by atoms with Crippen molar-refractivity contribution in [3.8, 4) is 5.75 Å². The Hall–Kier alpha value is -1.64. The fraction of sp³-hybridized carbons (Fsp3) is 0.682. The number of hydrogen-bond acceptors (Lipinski definition) is 5. The summed E-state index contributed by atoms with van der Waals surface area (Å²) in [5, 5.41) is 0. The zero-order chi connectivity index (χ0) is 21.3. The molecule has 1 N–H and O–H groups in total. The molecule has 3 aliphatic heterocycles. The minimum absolute atomic E-state index is 0.0455. The number of hydrogen-bond donors (Lipinski definition) is 1. The number of sulfonamides is 1. The standard InChI is InChI=1S/C22H32N2O5S/c1-15-5-3-6-18-16-8-10-17(11-9-16)28-13-20-19(23-30(2,26)27)7-4-12-24(20)21(25)14-29-22(15)18/h3,5-6,16-17,19-20,23H,4,7-14H2,1-2H3/t16?,17?,19-,20?/m0/s1. The highest BCUT2D eigenvalue weighted by Crippen LogP contribution is 2.40. The van der Waals surface area contributed by atoms with Crippen molar-refractivity contribution in [2.75, 3.05) is 26.0 Å². The number of piperidine rings is 1. The summed E-state index contributed by atoms with van der Waals surface area (Å²) < 4.78 is 38.9. The molecule has 1 saturated carbocycles. The maximum Gasteiger partial charge on any atom is 0.260 e. The van der Waals surface area contributed by atoms with Gasteiger partial charge in [-0.2, -0.15) is 0 Å². The first-order chi connectivity index (χ1) is 14.3. The van der Waals surface area contributed by atoms with Crippen LogP contribution in [-0.4, -0.2) is 63.4 Å². The number of para-hydroxylation sites is 1. The van der Waals surface area contributed by atoms with E-state index in [9.17, 15) is 13.2 Å². The molecule has 0 spiro atoms. The maximum atomic E-state index is 13.1. The van der Waals surface area contributed by atoms with Crippen LogP contribution in [0.15, 0.2) is 18.2 Å². The molecule has 0 aromatic heterocycles. The first-order valence-corrected chi connectivity index (χ1v) is 12.8. The summed E-state index contributed by atoms with van der Waals surface area (Å²) in [6.07, 6.45) is 6.73. The van der Waals surface area contributed by atoms with Crippen LogP contribution >= 0.6 is 0 Å². The minimum atomic E-state index is -3.38. The molecule has 2 atom stereocenters. The topological polar surface area (TPSA) is 84.9 Å². The van der Waals surface area contributed by atoms with E-state index in [1.807, 2.05) is 13.0 Å². The van der Waals surface area contributed by atoms with Crippen molar-refractivity contribution in [1.29, 1.82) is 0 Å². The third-order valence-corrected chi connectivity index (χ3v) is 7.39. The Labute approximate surface area is 179 Å². The molecule has 0 radical (unpaired) electrons. The second-order valence-electron chi connectivity index (χ2n) is 8.88. The van der Waals surface area contributed by atoms with Gasteiger partial charge < -0.3 is 14.4 Å². The van der Waals surface area contributed by atoms with Gasteiger partial charge in [0.1, 0.15) is 5.75 Å². The highest BCUT2D eigenvalue weighted by molar-refractivity contribution is 7.88. The Morgan fingerprint density at radius 3 is 2.63 bits per heavy atom. The Kier molecular flexibility index (Phi) is 6.36. The van der Waals surface area contributed by atoms with Crippen LogP contribution < -0.4 is 9.46 Å². The van der Waals surface area contributed by atoms with Gasteiger partial charge in [-0.05, 0) is 62.5 Å². The van der Waals surface area contributed by atoms with Crippen LogP contribution in [0.5, 0.6) is 5.75 Å². The van der Waals surface area contributed by atoms with Crippen molar-refractivity contribution in [2.45, 2.75) is 69.6 Å². The molecule has 166 valence electrons. The van der Waals surface area contributed by atoms with Gasteiger partial charge in [0.15, 0.2) is 6.61 Å². The predicted octanol–water partition coefficient (Wildman–Crippen LogP) is 2.34. The number of benzene rings is 1. The molecule has 1 aliphatic carbocycles. The van der Waals surface area contributed by atoms with E-state index in [4.69, 9.17) is 9.47 Å². The zero-order valence-corrected chi connectivity index (χ0v) is 18.6. The number of nitrogens with one attached hydrogen (secondary N) is 1. The van der Waals surface area contributed by atoms with E-state index in [2.05, 4.69) is 16.9 Å². The van der Waals surface area contributed by atoms with Gasteiger partial charge in [0.2, 0.25) is 10.0 Å². The third kappa shape index (κ3) is 4.81. The van der Waals surface area contributed by atoms with Crippen LogP contribution in [0.25, 0.3) is 0 Å². The Balaban J connectivity index is 1.64. The van der Waals surface area contributed by atoms with Crippen LogP contribution in [0.2, 0.25) is 0 Å². The Morgan fingerprint density at radius 2 is 1.90 bits per heavy atom. The molecule has 5 rings (SSSR count). The van der Waals surface area contributed by atoms with Crippen molar-refractivity contribution in [3.05, 3.63) is 29.3 Å². The van der Waals surface area contributed by atoms with E-state index >= 15 is 0 Å². The van der Waals surface area contributed by atoms with Crippen LogP contribution in [-0.2, 0) is 19.6 Å². The summed E-state index contributed by atoms with van der Waals surface area (Å²) in [5.74, 6) is 1.12. The molecule has 1 saturated heterocycles. The first kappa shape index (κ1) is 21.6. The summed E-state index contributed by atoms with van der Waals surface area (Å²) in [7, 11) is -3.38. The summed E-state index contributed by atoms with van der Waals surface area (Å²) in [5.41, 5.74) is 2.23. The lowest BCUT2D eigenvalue weighted by Gasteiger charge is -2.41. The van der Waals surface area contributed by atoms with Gasteiger partial charge in [0, 0.05) is 12.6 Å². The molecule has 7 nitrogen and oxygen atoms in total. The molecule has 1 amide bonds. The lowest BCUT2D eigenvalue weighted by Crippen LogP contribution is -2.59. The molecule has 1 aromatic rings. The van der Waals surface area contributed by atoms with Crippen molar-refractivity contribution in [3.63, 3.8) is 0 Å². The maximum absolute atomic E-state index is 13.1. The minimum Gasteiger partial charge on any atom is -0.483 e. The summed E-state index contributed by atoms with van der Waals surface area (Å²) >= 11 is 0. The van der Waals surface area contributed by atoms with Crippen molar-refractivity contribution < 1.29 is 22.7 Å². The molecule has 2 bridgehead atoms. The van der Waals surface area contributed by atoms with Crippen LogP contribution in [0.3, 0.4) is 0 Å². The normalized spacial score (nSPS) is 30.3. The molecule has 1 aromatic carbocycles. The highest BCUT2D eigenvalue weighted by Gasteiger charge is 2.37. The number of nitrogens with zero attached hydrogens (tertiary/aromatic N) is 1. The third-order valence-electron chi connectivity index (χ3n) is 6.66. The van der Waals surface area contributed by atoms with E-state index in [0.29, 0.717) is 25.5 Å². The average molecular weight is 437 g/mol. The molecule has 2 fully saturated rings. The first-order valence-electron chi connectivity index (χ1n) is 10.9. The molecule has 8 heteroatoms. The van der Waals surface area contributed by atoms with Gasteiger partial charge in [-0.25, -0.2) is 13.1 Å². The largest absolute Gasteiger partial charge is 0.483 e. The number of amides is 1. The lowest BCUT2D eigenvalue weighted by molar-refractivity contribution is -0.140. The summed E-state index contributed by atoms with van der Waals surface area (Å²) in [6.45, 7) is 2.91. The van der Waals surface area contributed by atoms with Gasteiger partial charge >= 0.3 is 0 Å². The predicted molar refractivity (Wildman–Crippen MR) is 114 cm³/mol. The van der Waals surface area contributed by atoms with Gasteiger partial charge in [-0.1, -0.05) is 18.2 Å². The van der Waals surface area contributed by atoms with Gasteiger partial charge in [0.25, 0.3) is 5.91 Å². The molecule has 3 heterocycles. The highest BCUT2D eigenvalue weighted by atomic mass is 32.2. The Morgan fingerprint density at radius 1 is 1.13 bits per heavy atom. The molecular formula is C22H32N2O5S. The second kappa shape index (κ2) is 8.85. The van der Waals surface area contributed by atoms with Crippen LogP contribution in [0.1, 0.15) is 55.6 Å². The molecule has 1 unspecified atom stereocenters. The number of ether oxygens (including phenoxy) is 2. The number of carbonyl (C=O) groups is 1. The van der Waals surface area contributed by atoms with E-state index in [0.717, 1.165) is 49.7 Å². The zero-order valence-electron chi connectivity index (χ0n) is 17.8. The van der Waals surface area contributed by atoms with E-state index in [-0.39, 0.29) is 30.7 Å². The summed E-state index contributed by atoms with van der Waals surface area (Å²) in [4.78, 5) is 14.9. The van der Waals surface area contributed by atoms with Gasteiger partial charge in [-0.3, -0.25) is 4.79 Å². The summed E-state index contributed by atoms with van der Waals surface area (Å²) in [6, 6.07) is 5.54. The van der Waals surface area contributed by atoms with Crippen molar-refractivity contribution >= 4 is 15.9 Å². The Bertz CT molecular complexity index is 880. The lowest BCUT2D eigenvalue weighted by atomic mass is 9.82. The van der Waals surface area contributed by atoms with Crippen LogP contribution in [0.4, 0.5) is 0 Å². The quantitative estimate of drug-likeness (QED) is 0.769. The fourth-order valence-corrected chi connectivity index (χ4v) is 6.00. The van der Waals surface area contributed by atoms with E-state index < -0.39 is 10.0 Å². The second-order valence-corrected chi connectivity index (χ2v) is 10.7. The molecular weight excluding hydrogens is 404 g/mol. The monoisotopic (exact) mass is 436 g/mol. The smallest absolute Gasteiger partial charge is 0.260 e. The van der Waals surface area contributed by atoms with Crippen LogP contribution in [0, 0.1) is 6.92 Å². The number of carbonyl (C=O) groups excluding carboxylic acids is 1. The molecule has 30 heavy (non-hydrogen) atoms. The van der Waals surface area contributed by atoms with E-state index in [1.54, 1.807) is 4.90 Å². The number of rotatable bonds is 2. The SMILES string of the molecule is Cc1cccc2c1OCC(=O)N1CCC[C@H](NS(C)(=O)=O)C1COC1CCC2CC1. The van der Waals surface area contributed by atoms with Crippen molar-refractivity contribution in [2.24, 2.45) is 0 Å². The number of aryl methyl sites for hydroxylation is 1. The van der Waals surface area contributed by atoms with Gasteiger partial charge in [0.05, 0.1) is 25.0 Å². The van der Waals surface area contributed by atoms with Gasteiger partial charge in [-0.15, -0.1) is 0 Å². The average Bonchev–Trinajstić information content (AvgIpc) is 2.71.